The zero-order chi connectivity index (χ0) is 13.1. The first-order chi connectivity index (χ1) is 8.58. The number of nitrogen functional groups attached to an aromatic ring is 1. The van der Waals surface area contributed by atoms with Gasteiger partial charge in [-0.15, -0.1) is 0 Å². The van der Waals surface area contributed by atoms with Crippen LogP contribution in [-0.4, -0.2) is 36.7 Å². The lowest BCUT2D eigenvalue weighted by Crippen LogP contribution is -2.29. The number of nitrogens with zero attached hydrogens (tertiary/aromatic N) is 2. The van der Waals surface area contributed by atoms with E-state index in [1.54, 1.807) is 13.1 Å². The summed E-state index contributed by atoms with van der Waals surface area (Å²) >= 11 is 1.39. The van der Waals surface area contributed by atoms with E-state index >= 15 is 0 Å². The van der Waals surface area contributed by atoms with Crippen LogP contribution < -0.4 is 11.1 Å². The zero-order valence-electron chi connectivity index (χ0n) is 10.1. The molecule has 0 radical (unpaired) electrons. The van der Waals surface area contributed by atoms with Crippen molar-refractivity contribution in [1.82, 2.24) is 10.0 Å². The maximum Gasteiger partial charge on any atom is 0.242 e. The molecule has 1 amide bonds. The van der Waals surface area contributed by atoms with Crippen LogP contribution in [-0.2, 0) is 9.63 Å². The zero-order valence-corrected chi connectivity index (χ0v) is 11.0. The third-order valence-electron chi connectivity index (χ3n) is 2.34. The summed E-state index contributed by atoms with van der Waals surface area (Å²) in [5.74, 6) is -0.175. The second-order valence-corrected chi connectivity index (χ2v) is 4.79. The van der Waals surface area contributed by atoms with Crippen LogP contribution in [0, 0.1) is 0 Å². The molecular formula is C11H14N4O2S. The molecule has 0 unspecified atom stereocenters. The monoisotopic (exact) mass is 266 g/mol. The van der Waals surface area contributed by atoms with Crippen molar-refractivity contribution in [2.24, 2.45) is 0 Å². The molecule has 2 aromatic rings. The molecule has 96 valence electrons. The predicted octanol–water partition coefficient (Wildman–Crippen LogP) is 1.31. The number of aromatic nitrogens is 1. The summed E-state index contributed by atoms with van der Waals surface area (Å²) in [6, 6.07) is 5.45. The summed E-state index contributed by atoms with van der Waals surface area (Å²) in [5.41, 5.74) is 7.19. The largest absolute Gasteiger partial charge is 0.399 e. The molecule has 0 aliphatic heterocycles. The molecule has 2 rings (SSSR count). The van der Waals surface area contributed by atoms with Gasteiger partial charge in [0.05, 0.1) is 17.3 Å². The lowest BCUT2D eigenvalue weighted by molar-refractivity contribution is -0.137. The van der Waals surface area contributed by atoms with Gasteiger partial charge in [-0.3, -0.25) is 4.79 Å². The number of fused-ring (bicyclic) bond motifs is 1. The number of nitrogens with two attached hydrogens (primary N) is 1. The average molecular weight is 266 g/mol. The lowest BCUT2D eigenvalue weighted by atomic mass is 10.3. The van der Waals surface area contributed by atoms with Crippen molar-refractivity contribution in [3.8, 4) is 0 Å². The van der Waals surface area contributed by atoms with Gasteiger partial charge in [0.1, 0.15) is 6.54 Å². The Bertz CT molecular complexity index is 569. The quantitative estimate of drug-likeness (QED) is 0.644. The topological polar surface area (TPSA) is 80.5 Å². The number of hydrogen-bond acceptors (Lipinski definition) is 6. The van der Waals surface area contributed by atoms with E-state index in [1.165, 1.54) is 23.5 Å². The number of hydrogen-bond donors (Lipinski definition) is 2. The smallest absolute Gasteiger partial charge is 0.242 e. The van der Waals surface area contributed by atoms with Gasteiger partial charge in [0.2, 0.25) is 5.91 Å². The van der Waals surface area contributed by atoms with Crippen molar-refractivity contribution in [3.05, 3.63) is 18.2 Å². The molecule has 6 nitrogen and oxygen atoms in total. The molecule has 0 aliphatic rings. The van der Waals surface area contributed by atoms with Crippen LogP contribution in [0.25, 0.3) is 10.2 Å². The molecule has 0 atom stereocenters. The number of amides is 1. The average Bonchev–Trinajstić information content (AvgIpc) is 2.69. The van der Waals surface area contributed by atoms with Gasteiger partial charge in [0, 0.05) is 12.7 Å². The van der Waals surface area contributed by atoms with Crippen LogP contribution in [0.2, 0.25) is 0 Å². The third kappa shape index (κ3) is 2.95. The maximum absolute atomic E-state index is 11.6. The highest BCUT2D eigenvalue weighted by Gasteiger charge is 2.09. The number of likely N-dealkylation sites (N-methyl/N-ethyl adjacent to an activating group) is 1. The fourth-order valence-corrected chi connectivity index (χ4v) is 2.35. The van der Waals surface area contributed by atoms with Crippen molar-refractivity contribution in [2.75, 3.05) is 31.8 Å². The van der Waals surface area contributed by atoms with E-state index in [0.29, 0.717) is 10.8 Å². The normalized spacial score (nSPS) is 11.1. The molecule has 3 N–H and O–H groups in total. The predicted molar refractivity (Wildman–Crippen MR) is 72.3 cm³/mol. The molecule has 0 bridgehead atoms. The van der Waals surface area contributed by atoms with Gasteiger partial charge in [-0.2, -0.15) is 5.06 Å². The van der Waals surface area contributed by atoms with E-state index in [4.69, 9.17) is 10.6 Å². The molecule has 0 saturated carbocycles. The number of nitrogens with one attached hydrogen (secondary N) is 1. The summed E-state index contributed by atoms with van der Waals surface area (Å²) in [4.78, 5) is 20.8. The van der Waals surface area contributed by atoms with E-state index in [0.717, 1.165) is 10.2 Å². The van der Waals surface area contributed by atoms with Gasteiger partial charge in [0.15, 0.2) is 5.13 Å². The SMILES string of the molecule is CON(C)CC(=O)Nc1nc2ccc(N)cc2s1. The lowest BCUT2D eigenvalue weighted by Gasteiger charge is -2.11. The number of anilines is 2. The van der Waals surface area contributed by atoms with Crippen molar-refractivity contribution < 1.29 is 9.63 Å². The third-order valence-corrected chi connectivity index (χ3v) is 3.27. The second-order valence-electron chi connectivity index (χ2n) is 3.76. The first kappa shape index (κ1) is 12.7. The first-order valence-corrected chi connectivity index (χ1v) is 6.11. The molecule has 1 heterocycles. The van der Waals surface area contributed by atoms with Crippen molar-refractivity contribution >= 4 is 38.3 Å². The number of thiazole rings is 1. The van der Waals surface area contributed by atoms with Crippen LogP contribution in [0.5, 0.6) is 0 Å². The van der Waals surface area contributed by atoms with Crippen molar-refractivity contribution in [2.45, 2.75) is 0 Å². The highest BCUT2D eigenvalue weighted by atomic mass is 32.1. The molecule has 7 heteroatoms. The fourth-order valence-electron chi connectivity index (χ4n) is 1.42. The molecule has 1 aromatic heterocycles. The molecule has 0 spiro atoms. The Labute approximate surface area is 108 Å². The number of benzene rings is 1. The van der Waals surface area contributed by atoms with Gasteiger partial charge >= 0.3 is 0 Å². The van der Waals surface area contributed by atoms with E-state index in [2.05, 4.69) is 10.3 Å². The Morgan fingerprint density at radius 1 is 1.61 bits per heavy atom. The van der Waals surface area contributed by atoms with E-state index in [1.807, 2.05) is 12.1 Å². The molecule has 0 fully saturated rings. The highest BCUT2D eigenvalue weighted by Crippen LogP contribution is 2.27. The van der Waals surface area contributed by atoms with E-state index in [-0.39, 0.29) is 12.5 Å². The Balaban J connectivity index is 2.10. The van der Waals surface area contributed by atoms with Gasteiger partial charge in [-0.25, -0.2) is 4.98 Å². The minimum Gasteiger partial charge on any atom is -0.399 e. The Hall–Kier alpha value is -1.70. The number of rotatable bonds is 4. The van der Waals surface area contributed by atoms with Crippen LogP contribution >= 0.6 is 11.3 Å². The Morgan fingerprint density at radius 2 is 2.39 bits per heavy atom. The Morgan fingerprint density at radius 3 is 3.11 bits per heavy atom. The van der Waals surface area contributed by atoms with E-state index < -0.39 is 0 Å². The van der Waals surface area contributed by atoms with Gasteiger partial charge < -0.3 is 15.9 Å². The molecule has 0 aliphatic carbocycles. The molecular weight excluding hydrogens is 252 g/mol. The van der Waals surface area contributed by atoms with E-state index in [9.17, 15) is 4.79 Å². The summed E-state index contributed by atoms with van der Waals surface area (Å²) < 4.78 is 0.949. The maximum atomic E-state index is 11.6. The highest BCUT2D eigenvalue weighted by molar-refractivity contribution is 7.22. The molecule has 0 saturated heterocycles. The van der Waals surface area contributed by atoms with Crippen LogP contribution in [0.3, 0.4) is 0 Å². The first-order valence-electron chi connectivity index (χ1n) is 5.29. The minimum absolute atomic E-state index is 0.147. The van der Waals surface area contributed by atoms with Crippen molar-refractivity contribution in [1.29, 1.82) is 0 Å². The summed E-state index contributed by atoms with van der Waals surface area (Å²) in [6.07, 6.45) is 0. The summed E-state index contributed by atoms with van der Waals surface area (Å²) in [5, 5.41) is 4.71. The molecule has 1 aromatic carbocycles. The van der Waals surface area contributed by atoms with Gasteiger partial charge in [0.25, 0.3) is 0 Å². The summed E-state index contributed by atoms with van der Waals surface area (Å²) in [6.45, 7) is 0.147. The summed E-state index contributed by atoms with van der Waals surface area (Å²) in [7, 11) is 3.19. The fraction of sp³-hybridized carbons (Fsp3) is 0.273. The number of carbonyl (C=O) groups is 1. The Kier molecular flexibility index (Phi) is 3.75. The molecule has 18 heavy (non-hydrogen) atoms. The van der Waals surface area contributed by atoms with Crippen LogP contribution in [0.1, 0.15) is 0 Å². The van der Waals surface area contributed by atoms with Crippen molar-refractivity contribution in [3.63, 3.8) is 0 Å². The second kappa shape index (κ2) is 5.30. The van der Waals surface area contributed by atoms with Gasteiger partial charge in [-0.05, 0) is 18.2 Å². The number of carbonyl (C=O) groups excluding carboxylic acids is 1. The van der Waals surface area contributed by atoms with Gasteiger partial charge in [-0.1, -0.05) is 11.3 Å². The standard InChI is InChI=1S/C11H14N4O2S/c1-15(17-2)6-10(16)14-11-13-8-4-3-7(12)5-9(8)18-11/h3-5H,6,12H2,1-2H3,(H,13,14,16). The number of hydroxylamine groups is 2. The van der Waals surface area contributed by atoms with Crippen LogP contribution in [0.4, 0.5) is 10.8 Å². The minimum atomic E-state index is -0.175. The van der Waals surface area contributed by atoms with Crippen LogP contribution in [0.15, 0.2) is 18.2 Å².